The lowest BCUT2D eigenvalue weighted by Gasteiger charge is -2.29. The fourth-order valence-electron chi connectivity index (χ4n) is 2.30. The molecule has 2 aromatic heterocycles. The van der Waals surface area contributed by atoms with Gasteiger partial charge < -0.3 is 10.5 Å². The van der Waals surface area contributed by atoms with Gasteiger partial charge in [-0.15, -0.1) is 5.10 Å². The standard InChI is InChI=1S/C14H13FN4OS/c15-8-5-10(6-8)20-9-1-2-11-12(7-9)21-14(17-11)19-4-3-13(16)18-19/h1-4,7-8,10H,5-6H2,(H2,16,18). The average Bonchev–Trinajstić information content (AvgIpc) is 3.02. The summed E-state index contributed by atoms with van der Waals surface area (Å²) < 4.78 is 21.2. The van der Waals surface area contributed by atoms with Crippen molar-refractivity contribution in [2.45, 2.75) is 25.1 Å². The summed E-state index contributed by atoms with van der Waals surface area (Å²) in [5.41, 5.74) is 6.50. The van der Waals surface area contributed by atoms with E-state index in [1.54, 1.807) is 16.9 Å². The van der Waals surface area contributed by atoms with Crippen LogP contribution >= 0.6 is 11.3 Å². The molecule has 0 spiro atoms. The highest BCUT2D eigenvalue weighted by Crippen LogP contribution is 2.32. The Hall–Kier alpha value is -2.15. The second-order valence-electron chi connectivity index (χ2n) is 5.12. The lowest BCUT2D eigenvalue weighted by atomic mass is 9.94. The zero-order chi connectivity index (χ0) is 14.4. The molecule has 4 rings (SSSR count). The molecule has 5 nitrogen and oxygen atoms in total. The number of hydrogen-bond donors (Lipinski definition) is 1. The Kier molecular flexibility index (Phi) is 2.81. The minimum atomic E-state index is -0.709. The van der Waals surface area contributed by atoms with Crippen LogP contribution in [0.5, 0.6) is 5.75 Å². The minimum Gasteiger partial charge on any atom is -0.490 e. The molecule has 108 valence electrons. The summed E-state index contributed by atoms with van der Waals surface area (Å²) in [5, 5.41) is 4.90. The highest BCUT2D eigenvalue weighted by atomic mass is 32.1. The van der Waals surface area contributed by atoms with Gasteiger partial charge in [-0.25, -0.2) is 14.1 Å². The van der Waals surface area contributed by atoms with Gasteiger partial charge in [0, 0.05) is 25.1 Å². The predicted molar refractivity (Wildman–Crippen MR) is 79.7 cm³/mol. The fraction of sp³-hybridized carbons (Fsp3) is 0.286. The van der Waals surface area contributed by atoms with Gasteiger partial charge in [0.05, 0.1) is 10.2 Å². The zero-order valence-corrected chi connectivity index (χ0v) is 11.9. The molecule has 3 aromatic rings. The summed E-state index contributed by atoms with van der Waals surface area (Å²) in [7, 11) is 0. The zero-order valence-electron chi connectivity index (χ0n) is 11.1. The van der Waals surface area contributed by atoms with E-state index < -0.39 is 6.17 Å². The van der Waals surface area contributed by atoms with Gasteiger partial charge in [0.15, 0.2) is 0 Å². The van der Waals surface area contributed by atoms with Gasteiger partial charge in [-0.3, -0.25) is 0 Å². The molecule has 1 aliphatic rings. The number of rotatable bonds is 3. The molecule has 0 radical (unpaired) electrons. The molecule has 7 heteroatoms. The van der Waals surface area contributed by atoms with Gasteiger partial charge in [0.1, 0.15) is 23.8 Å². The monoisotopic (exact) mass is 304 g/mol. The van der Waals surface area contributed by atoms with E-state index in [1.807, 2.05) is 18.2 Å². The maximum absolute atomic E-state index is 12.8. The Labute approximate surface area is 124 Å². The van der Waals surface area contributed by atoms with Gasteiger partial charge in [0.25, 0.3) is 0 Å². The van der Waals surface area contributed by atoms with Gasteiger partial charge in [0.2, 0.25) is 5.13 Å². The van der Waals surface area contributed by atoms with Gasteiger partial charge in [-0.2, -0.15) is 0 Å². The molecule has 21 heavy (non-hydrogen) atoms. The van der Waals surface area contributed by atoms with E-state index >= 15 is 0 Å². The van der Waals surface area contributed by atoms with Crippen molar-refractivity contribution in [1.29, 1.82) is 0 Å². The number of halogens is 1. The molecule has 1 fully saturated rings. The fourth-order valence-corrected chi connectivity index (χ4v) is 3.23. The Morgan fingerprint density at radius 2 is 2.19 bits per heavy atom. The first-order valence-corrected chi connectivity index (χ1v) is 7.52. The number of ether oxygens (including phenoxy) is 1. The normalized spacial score (nSPS) is 21.4. The molecule has 0 amide bonds. The number of anilines is 1. The molecule has 1 aliphatic carbocycles. The second-order valence-corrected chi connectivity index (χ2v) is 6.13. The number of nitrogens with zero attached hydrogens (tertiary/aromatic N) is 3. The summed E-state index contributed by atoms with van der Waals surface area (Å²) in [6, 6.07) is 7.44. The van der Waals surface area contributed by atoms with Crippen LogP contribution in [0.4, 0.5) is 10.2 Å². The van der Waals surface area contributed by atoms with E-state index in [0.717, 1.165) is 21.1 Å². The summed E-state index contributed by atoms with van der Waals surface area (Å²) in [6.45, 7) is 0. The molecule has 0 aliphatic heterocycles. The van der Waals surface area contributed by atoms with Gasteiger partial charge >= 0.3 is 0 Å². The van der Waals surface area contributed by atoms with Crippen LogP contribution in [-0.2, 0) is 0 Å². The van der Waals surface area contributed by atoms with Crippen LogP contribution in [0.1, 0.15) is 12.8 Å². The van der Waals surface area contributed by atoms with Crippen LogP contribution in [0.15, 0.2) is 30.5 Å². The predicted octanol–water partition coefficient (Wildman–Crippen LogP) is 2.94. The first-order chi connectivity index (χ1) is 10.2. The highest BCUT2D eigenvalue weighted by molar-refractivity contribution is 7.20. The highest BCUT2D eigenvalue weighted by Gasteiger charge is 2.30. The summed E-state index contributed by atoms with van der Waals surface area (Å²) in [6.07, 6.45) is 2.03. The van der Waals surface area contributed by atoms with E-state index in [1.165, 1.54) is 11.3 Å². The lowest BCUT2D eigenvalue weighted by molar-refractivity contribution is 0.0411. The molecular formula is C14H13FN4OS. The first-order valence-electron chi connectivity index (χ1n) is 6.70. The quantitative estimate of drug-likeness (QED) is 0.808. The van der Waals surface area contributed by atoms with Crippen LogP contribution in [0.25, 0.3) is 15.3 Å². The smallest absolute Gasteiger partial charge is 0.211 e. The topological polar surface area (TPSA) is 66.0 Å². The van der Waals surface area contributed by atoms with Gasteiger partial charge in [-0.1, -0.05) is 11.3 Å². The average molecular weight is 304 g/mol. The summed E-state index contributed by atoms with van der Waals surface area (Å²) in [4.78, 5) is 4.51. The molecule has 0 saturated heterocycles. The number of hydrogen-bond acceptors (Lipinski definition) is 5. The maximum atomic E-state index is 12.8. The molecule has 0 unspecified atom stereocenters. The van der Waals surface area contributed by atoms with E-state index in [-0.39, 0.29) is 6.10 Å². The maximum Gasteiger partial charge on any atom is 0.211 e. The summed E-state index contributed by atoms with van der Waals surface area (Å²) >= 11 is 1.51. The van der Waals surface area contributed by atoms with Crippen molar-refractivity contribution in [1.82, 2.24) is 14.8 Å². The third-order valence-corrected chi connectivity index (χ3v) is 4.50. The Morgan fingerprint density at radius 1 is 1.33 bits per heavy atom. The van der Waals surface area contributed by atoms with Crippen molar-refractivity contribution in [3.63, 3.8) is 0 Å². The van der Waals surface area contributed by atoms with Crippen LogP contribution in [-0.4, -0.2) is 27.0 Å². The Bertz CT molecular complexity index is 793. The SMILES string of the molecule is Nc1ccn(-c2nc3ccc(OC4CC(F)C4)cc3s2)n1. The molecule has 1 saturated carbocycles. The van der Waals surface area contributed by atoms with Crippen LogP contribution in [0, 0.1) is 0 Å². The van der Waals surface area contributed by atoms with E-state index in [0.29, 0.717) is 18.7 Å². The van der Waals surface area contributed by atoms with Crippen molar-refractivity contribution < 1.29 is 9.13 Å². The largest absolute Gasteiger partial charge is 0.490 e. The second kappa shape index (κ2) is 4.70. The number of alkyl halides is 1. The van der Waals surface area contributed by atoms with Gasteiger partial charge in [-0.05, 0) is 18.2 Å². The number of benzene rings is 1. The van der Waals surface area contributed by atoms with Crippen molar-refractivity contribution >= 4 is 27.4 Å². The molecule has 2 N–H and O–H groups in total. The first kappa shape index (κ1) is 12.6. The minimum absolute atomic E-state index is 0.00393. The number of nitrogen functional groups attached to an aromatic ring is 1. The van der Waals surface area contributed by atoms with E-state index in [2.05, 4.69) is 10.1 Å². The number of fused-ring (bicyclic) bond motifs is 1. The van der Waals surface area contributed by atoms with Crippen LogP contribution in [0.2, 0.25) is 0 Å². The van der Waals surface area contributed by atoms with E-state index in [9.17, 15) is 4.39 Å². The lowest BCUT2D eigenvalue weighted by Crippen LogP contribution is -2.34. The number of nitrogens with two attached hydrogens (primary N) is 1. The molecule has 1 aromatic carbocycles. The molecule has 0 bridgehead atoms. The molecular weight excluding hydrogens is 291 g/mol. The van der Waals surface area contributed by atoms with Crippen LogP contribution < -0.4 is 10.5 Å². The molecule has 0 atom stereocenters. The van der Waals surface area contributed by atoms with Crippen LogP contribution in [0.3, 0.4) is 0 Å². The third kappa shape index (κ3) is 2.33. The number of aromatic nitrogens is 3. The van der Waals surface area contributed by atoms with Crippen molar-refractivity contribution in [2.75, 3.05) is 5.73 Å². The van der Waals surface area contributed by atoms with Crippen molar-refractivity contribution in [2.24, 2.45) is 0 Å². The Balaban J connectivity index is 1.62. The third-order valence-electron chi connectivity index (χ3n) is 3.49. The Morgan fingerprint density at radius 3 is 2.90 bits per heavy atom. The number of thiazole rings is 1. The van der Waals surface area contributed by atoms with Crippen molar-refractivity contribution in [3.05, 3.63) is 30.5 Å². The van der Waals surface area contributed by atoms with E-state index in [4.69, 9.17) is 10.5 Å². The molecule has 2 heterocycles. The van der Waals surface area contributed by atoms with Crippen molar-refractivity contribution in [3.8, 4) is 10.9 Å². The summed E-state index contributed by atoms with van der Waals surface area (Å²) in [5.74, 6) is 1.22.